The number of Topliss-reactive ketones (excluding diaryl/α,β-unsaturated/α-hetero) is 1. The van der Waals surface area contributed by atoms with Gasteiger partial charge in [-0.05, 0) is 67.5 Å². The van der Waals surface area contributed by atoms with Crippen molar-refractivity contribution in [3.05, 3.63) is 65.2 Å². The Kier molecular flexibility index (Phi) is 5.59. The lowest BCUT2D eigenvalue weighted by Gasteiger charge is -2.34. The van der Waals surface area contributed by atoms with Crippen LogP contribution in [0.4, 0.5) is 4.79 Å². The lowest BCUT2D eigenvalue weighted by atomic mass is 9.76. The summed E-state index contributed by atoms with van der Waals surface area (Å²) in [5, 5.41) is 12.3. The summed E-state index contributed by atoms with van der Waals surface area (Å²) in [6, 6.07) is 13.3. The number of phenolic OH excluding ortho intramolecular Hbond substituents is 1. The number of urea groups is 1. The lowest BCUT2D eigenvalue weighted by Crippen LogP contribution is -2.48. The quantitative estimate of drug-likeness (QED) is 0.538. The van der Waals surface area contributed by atoms with Crippen molar-refractivity contribution in [3.63, 3.8) is 0 Å². The van der Waals surface area contributed by atoms with Crippen LogP contribution in [0.15, 0.2) is 48.5 Å². The summed E-state index contributed by atoms with van der Waals surface area (Å²) in [5.74, 6) is -0.752. The molecule has 8 heteroatoms. The highest BCUT2D eigenvalue weighted by Gasteiger charge is 2.54. The fraction of sp³-hybridized carbons (Fsp3) is 0.385. The molecule has 2 fully saturated rings. The van der Waals surface area contributed by atoms with Crippen LogP contribution in [0.25, 0.3) is 0 Å². The van der Waals surface area contributed by atoms with E-state index in [1.54, 1.807) is 17.0 Å². The number of amides is 4. The number of imide groups is 1. The molecule has 2 heterocycles. The molecular formula is C26H27N3O5. The molecule has 3 aliphatic rings. The van der Waals surface area contributed by atoms with E-state index in [9.17, 15) is 24.3 Å². The van der Waals surface area contributed by atoms with Gasteiger partial charge in [-0.1, -0.05) is 24.3 Å². The molecule has 0 aromatic heterocycles. The van der Waals surface area contributed by atoms with Gasteiger partial charge in [-0.2, -0.15) is 0 Å². The van der Waals surface area contributed by atoms with Crippen LogP contribution in [0.5, 0.6) is 5.75 Å². The van der Waals surface area contributed by atoms with Crippen molar-refractivity contribution >= 4 is 23.6 Å². The average molecular weight is 462 g/mol. The number of fused-ring (bicyclic) bond motifs is 2. The number of piperidine rings is 1. The maximum atomic E-state index is 13.4. The average Bonchev–Trinajstić information content (AvgIpc) is 3.09. The minimum atomic E-state index is -1.09. The van der Waals surface area contributed by atoms with Gasteiger partial charge in [-0.15, -0.1) is 0 Å². The van der Waals surface area contributed by atoms with Gasteiger partial charge in [0.15, 0.2) is 5.78 Å². The third-order valence-corrected chi connectivity index (χ3v) is 7.31. The predicted molar refractivity (Wildman–Crippen MR) is 123 cm³/mol. The summed E-state index contributed by atoms with van der Waals surface area (Å²) < 4.78 is 0. The zero-order valence-corrected chi connectivity index (χ0v) is 18.8. The Bertz CT molecular complexity index is 1150. The molecule has 8 nitrogen and oxygen atoms in total. The van der Waals surface area contributed by atoms with Gasteiger partial charge < -0.3 is 15.3 Å². The van der Waals surface area contributed by atoms with Gasteiger partial charge in [0.25, 0.3) is 5.91 Å². The fourth-order valence-corrected chi connectivity index (χ4v) is 5.44. The Balaban J connectivity index is 1.23. The Morgan fingerprint density at radius 1 is 1.03 bits per heavy atom. The molecule has 2 aromatic rings. The van der Waals surface area contributed by atoms with Crippen LogP contribution in [0.2, 0.25) is 0 Å². The highest BCUT2D eigenvalue weighted by Crippen LogP contribution is 2.39. The van der Waals surface area contributed by atoms with Crippen LogP contribution in [0.1, 0.15) is 47.2 Å². The lowest BCUT2D eigenvalue weighted by molar-refractivity contribution is -0.140. The van der Waals surface area contributed by atoms with Gasteiger partial charge in [-0.3, -0.25) is 19.3 Å². The zero-order chi connectivity index (χ0) is 23.9. The number of nitrogens with one attached hydrogen (secondary N) is 1. The third kappa shape index (κ3) is 3.73. The molecule has 176 valence electrons. The van der Waals surface area contributed by atoms with Gasteiger partial charge >= 0.3 is 6.03 Å². The minimum absolute atomic E-state index is 0.000831. The number of likely N-dealkylation sites (tertiary alicyclic amines) is 1. The molecule has 0 radical (unpaired) electrons. The summed E-state index contributed by atoms with van der Waals surface area (Å²) in [6.45, 7) is 0.487. The number of benzene rings is 2. The summed E-state index contributed by atoms with van der Waals surface area (Å²) in [4.78, 5) is 54.6. The molecule has 0 bridgehead atoms. The van der Waals surface area contributed by atoms with Gasteiger partial charge in [0, 0.05) is 24.6 Å². The molecule has 2 N–H and O–H groups in total. The Morgan fingerprint density at radius 2 is 1.74 bits per heavy atom. The number of hydrogen-bond acceptors (Lipinski definition) is 5. The van der Waals surface area contributed by atoms with Gasteiger partial charge in [0.2, 0.25) is 5.91 Å². The molecule has 5 rings (SSSR count). The van der Waals surface area contributed by atoms with Crippen LogP contribution in [0, 0.1) is 5.92 Å². The first kappa shape index (κ1) is 22.1. The summed E-state index contributed by atoms with van der Waals surface area (Å²) in [7, 11) is 0. The van der Waals surface area contributed by atoms with E-state index in [4.69, 9.17) is 0 Å². The number of rotatable bonds is 4. The number of hydrogen-bond donors (Lipinski definition) is 2. The molecule has 1 aliphatic carbocycles. The first-order chi connectivity index (χ1) is 16.4. The van der Waals surface area contributed by atoms with Crippen molar-refractivity contribution in [2.24, 2.45) is 5.92 Å². The van der Waals surface area contributed by atoms with Crippen molar-refractivity contribution in [1.82, 2.24) is 15.1 Å². The maximum Gasteiger partial charge on any atom is 0.325 e. The van der Waals surface area contributed by atoms with E-state index in [0.717, 1.165) is 28.9 Å². The monoisotopic (exact) mass is 461 g/mol. The second kappa shape index (κ2) is 8.59. The highest BCUT2D eigenvalue weighted by atomic mass is 16.3. The molecule has 0 saturated carbocycles. The normalized spacial score (nSPS) is 22.6. The molecule has 2 aromatic carbocycles. The summed E-state index contributed by atoms with van der Waals surface area (Å²) in [5.41, 5.74) is 1.33. The van der Waals surface area contributed by atoms with Crippen LogP contribution in [0.3, 0.4) is 0 Å². The summed E-state index contributed by atoms with van der Waals surface area (Å²) >= 11 is 0. The number of aromatic hydroxyl groups is 1. The van der Waals surface area contributed by atoms with Crippen LogP contribution >= 0.6 is 0 Å². The number of carbonyl (C=O) groups is 4. The van der Waals surface area contributed by atoms with Crippen molar-refractivity contribution in [1.29, 1.82) is 0 Å². The van der Waals surface area contributed by atoms with Gasteiger partial charge in [0.05, 0.1) is 0 Å². The van der Waals surface area contributed by atoms with E-state index < -0.39 is 11.6 Å². The number of aryl methyl sites for hydroxylation is 1. The molecule has 0 unspecified atom stereocenters. The highest BCUT2D eigenvalue weighted by molar-refractivity contribution is 6.09. The Morgan fingerprint density at radius 3 is 2.47 bits per heavy atom. The topological polar surface area (TPSA) is 107 Å². The number of carbonyl (C=O) groups excluding carboxylic acids is 4. The minimum Gasteiger partial charge on any atom is -0.508 e. The number of ketones is 1. The molecule has 4 amide bonds. The first-order valence-electron chi connectivity index (χ1n) is 11.7. The first-order valence-corrected chi connectivity index (χ1v) is 11.7. The van der Waals surface area contributed by atoms with E-state index in [0.29, 0.717) is 37.9 Å². The Hall–Kier alpha value is -3.68. The van der Waals surface area contributed by atoms with E-state index in [1.807, 2.05) is 24.3 Å². The summed E-state index contributed by atoms with van der Waals surface area (Å²) in [6.07, 6.45) is 3.20. The van der Waals surface area contributed by atoms with Crippen LogP contribution < -0.4 is 5.32 Å². The van der Waals surface area contributed by atoms with E-state index in [-0.39, 0.29) is 35.8 Å². The molecule has 1 atom stereocenters. The standard InChI is InChI=1S/C26H27N3O5/c30-20-9-7-18(8-10-20)23(32)19-11-14-28(15-12-19)22(31)16-29-24(33)26(27-25(29)34)13-3-5-17-4-1-2-6-21(17)26/h1-2,4,6-10,19,30H,3,5,11-16H2,(H,27,34)/t26-/m0/s1. The molecule has 2 aliphatic heterocycles. The van der Waals surface area contributed by atoms with Crippen LogP contribution in [-0.2, 0) is 21.5 Å². The third-order valence-electron chi connectivity index (χ3n) is 7.31. The second-order valence-electron chi connectivity index (χ2n) is 9.30. The predicted octanol–water partition coefficient (Wildman–Crippen LogP) is 2.60. The number of phenols is 1. The molecular weight excluding hydrogens is 434 g/mol. The van der Waals surface area contributed by atoms with Gasteiger partial charge in [0.1, 0.15) is 17.8 Å². The maximum absolute atomic E-state index is 13.4. The zero-order valence-electron chi connectivity index (χ0n) is 18.8. The van der Waals surface area contributed by atoms with E-state index >= 15 is 0 Å². The second-order valence-corrected chi connectivity index (χ2v) is 9.30. The smallest absolute Gasteiger partial charge is 0.325 e. The SMILES string of the molecule is O=C(c1ccc(O)cc1)C1CCN(C(=O)CN2C(=O)N[C@]3(CCCc4ccccc43)C2=O)CC1. The van der Waals surface area contributed by atoms with Crippen molar-refractivity contribution in [2.75, 3.05) is 19.6 Å². The Labute approximate surface area is 197 Å². The van der Waals surface area contributed by atoms with Crippen molar-refractivity contribution in [2.45, 2.75) is 37.6 Å². The molecule has 1 spiro atoms. The van der Waals surface area contributed by atoms with E-state index in [2.05, 4.69) is 5.32 Å². The largest absolute Gasteiger partial charge is 0.508 e. The van der Waals surface area contributed by atoms with E-state index in [1.165, 1.54) is 12.1 Å². The number of nitrogens with zero attached hydrogens (tertiary/aromatic N) is 2. The molecule has 2 saturated heterocycles. The fourth-order valence-electron chi connectivity index (χ4n) is 5.44. The van der Waals surface area contributed by atoms with Crippen LogP contribution in [-0.4, -0.2) is 58.2 Å². The molecule has 34 heavy (non-hydrogen) atoms. The van der Waals surface area contributed by atoms with Crippen molar-refractivity contribution < 1.29 is 24.3 Å². The van der Waals surface area contributed by atoms with Crippen molar-refractivity contribution in [3.8, 4) is 5.75 Å². The van der Waals surface area contributed by atoms with Gasteiger partial charge in [-0.25, -0.2) is 4.79 Å².